The molecule has 0 fully saturated rings. The van der Waals surface area contributed by atoms with E-state index in [0.29, 0.717) is 17.6 Å². The van der Waals surface area contributed by atoms with Crippen LogP contribution in [0.2, 0.25) is 0 Å². The van der Waals surface area contributed by atoms with E-state index < -0.39 is 24.7 Å². The van der Waals surface area contributed by atoms with Crippen LogP contribution in [0.4, 0.5) is 0 Å². The molecule has 0 heterocycles. The fraction of sp³-hybridized carbons (Fsp3) is 0.429. The largest absolute Gasteiger partial charge is 0.497 e. The lowest BCUT2D eigenvalue weighted by atomic mass is 9.92. The molecule has 20 heavy (non-hydrogen) atoms. The number of aliphatic hydroxyl groups is 3. The van der Waals surface area contributed by atoms with Crippen molar-refractivity contribution in [3.05, 3.63) is 29.8 Å². The molecule has 0 aliphatic rings. The van der Waals surface area contributed by atoms with Crippen LogP contribution in [0.15, 0.2) is 24.3 Å². The minimum atomic E-state index is -1.47. The zero-order valence-corrected chi connectivity index (χ0v) is 11.1. The number of rotatable bonds is 8. The topological polar surface area (TPSA) is 104 Å². The van der Waals surface area contributed by atoms with E-state index in [1.165, 1.54) is 7.11 Å². The van der Waals surface area contributed by atoms with Gasteiger partial charge in [-0.2, -0.15) is 0 Å². The second-order valence-corrected chi connectivity index (χ2v) is 4.40. The molecule has 0 spiro atoms. The van der Waals surface area contributed by atoms with Gasteiger partial charge in [0, 0.05) is 12.0 Å². The van der Waals surface area contributed by atoms with Crippen LogP contribution < -0.4 is 4.74 Å². The first-order chi connectivity index (χ1) is 9.53. The molecule has 0 radical (unpaired) electrons. The van der Waals surface area contributed by atoms with Gasteiger partial charge in [0.05, 0.1) is 25.7 Å². The molecule has 3 atom stereocenters. The van der Waals surface area contributed by atoms with Gasteiger partial charge in [-0.1, -0.05) is 0 Å². The fourth-order valence-electron chi connectivity index (χ4n) is 1.75. The van der Waals surface area contributed by atoms with Gasteiger partial charge in [-0.25, -0.2) is 0 Å². The summed E-state index contributed by atoms with van der Waals surface area (Å²) in [7, 11) is 1.51. The zero-order valence-electron chi connectivity index (χ0n) is 11.1. The normalized spacial score (nSPS) is 15.2. The quantitative estimate of drug-likeness (QED) is 0.450. The van der Waals surface area contributed by atoms with E-state index in [0.717, 1.165) is 0 Å². The standard InChI is InChI=1S/C14H18O6/c1-20-11-4-2-9(3-5-11)12(17)6-10(7-15)14(19)13(18)8-16/h2-5,7,10,13-14,16,18-19H,6,8H2,1H3/t10-,13+,14+/m1/s1. The Balaban J connectivity index is 2.73. The van der Waals surface area contributed by atoms with Gasteiger partial charge < -0.3 is 24.9 Å². The number of methoxy groups -OCH3 is 1. The van der Waals surface area contributed by atoms with Gasteiger partial charge in [-0.05, 0) is 24.3 Å². The molecule has 6 heteroatoms. The van der Waals surface area contributed by atoms with Gasteiger partial charge in [0.15, 0.2) is 5.78 Å². The third kappa shape index (κ3) is 4.12. The average molecular weight is 282 g/mol. The Morgan fingerprint density at radius 3 is 2.35 bits per heavy atom. The molecule has 0 aromatic heterocycles. The summed E-state index contributed by atoms with van der Waals surface area (Å²) in [6.07, 6.45) is -2.76. The molecule has 3 N–H and O–H groups in total. The van der Waals surface area contributed by atoms with Crippen molar-refractivity contribution >= 4 is 12.1 Å². The second kappa shape index (κ2) is 7.74. The number of ketones is 1. The van der Waals surface area contributed by atoms with Crippen LogP contribution in [0.25, 0.3) is 0 Å². The lowest BCUT2D eigenvalue weighted by Crippen LogP contribution is -2.37. The van der Waals surface area contributed by atoms with Crippen LogP contribution in [0.5, 0.6) is 5.75 Å². The molecule has 0 unspecified atom stereocenters. The summed E-state index contributed by atoms with van der Waals surface area (Å²) >= 11 is 0. The summed E-state index contributed by atoms with van der Waals surface area (Å²) in [5.41, 5.74) is 0.378. The third-order valence-corrected chi connectivity index (χ3v) is 3.03. The van der Waals surface area contributed by atoms with Gasteiger partial charge in [0.1, 0.15) is 18.1 Å². The van der Waals surface area contributed by atoms with Gasteiger partial charge in [0.2, 0.25) is 0 Å². The number of aliphatic hydroxyl groups excluding tert-OH is 3. The number of hydrogen-bond donors (Lipinski definition) is 3. The maximum Gasteiger partial charge on any atom is 0.163 e. The summed E-state index contributed by atoms with van der Waals surface area (Å²) in [5.74, 6) is -0.801. The number of ether oxygens (including phenoxy) is 1. The maximum atomic E-state index is 12.0. The summed E-state index contributed by atoms with van der Waals surface area (Å²) in [6, 6.07) is 6.33. The highest BCUT2D eigenvalue weighted by molar-refractivity contribution is 5.97. The molecule has 1 rings (SSSR count). The molecule has 0 bridgehead atoms. The summed E-state index contributed by atoms with van der Waals surface area (Å²) < 4.78 is 4.97. The minimum absolute atomic E-state index is 0.242. The van der Waals surface area contributed by atoms with Crippen LogP contribution in [0.3, 0.4) is 0 Å². The van der Waals surface area contributed by atoms with Gasteiger partial charge >= 0.3 is 0 Å². The van der Waals surface area contributed by atoms with Crippen LogP contribution >= 0.6 is 0 Å². The first kappa shape index (κ1) is 16.3. The smallest absolute Gasteiger partial charge is 0.163 e. The number of Topliss-reactive ketones (excluding diaryl/α,β-unsaturated/α-hetero) is 1. The predicted octanol–water partition coefficient (Wildman–Crippen LogP) is -0.203. The second-order valence-electron chi connectivity index (χ2n) is 4.40. The molecule has 0 saturated heterocycles. The van der Waals surface area contributed by atoms with Crippen molar-refractivity contribution in [1.29, 1.82) is 0 Å². The molecule has 0 aliphatic carbocycles. The van der Waals surface area contributed by atoms with Crippen LogP contribution in [-0.4, -0.2) is 53.3 Å². The van der Waals surface area contributed by atoms with E-state index in [2.05, 4.69) is 0 Å². The van der Waals surface area contributed by atoms with Crippen molar-refractivity contribution in [2.45, 2.75) is 18.6 Å². The minimum Gasteiger partial charge on any atom is -0.497 e. The summed E-state index contributed by atoms with van der Waals surface area (Å²) in [6.45, 7) is -0.678. The highest BCUT2D eigenvalue weighted by atomic mass is 16.5. The Bertz CT molecular complexity index is 441. The van der Waals surface area contributed by atoms with E-state index in [1.54, 1.807) is 24.3 Å². The maximum absolute atomic E-state index is 12.0. The predicted molar refractivity (Wildman–Crippen MR) is 70.6 cm³/mol. The highest BCUT2D eigenvalue weighted by Crippen LogP contribution is 2.17. The lowest BCUT2D eigenvalue weighted by molar-refractivity contribution is -0.118. The van der Waals surface area contributed by atoms with Crippen molar-refractivity contribution in [3.8, 4) is 5.75 Å². The molecule has 1 aromatic carbocycles. The summed E-state index contributed by atoms with van der Waals surface area (Å²) in [5, 5.41) is 27.7. The molecular weight excluding hydrogens is 264 g/mol. The van der Waals surface area contributed by atoms with E-state index in [4.69, 9.17) is 9.84 Å². The molecule has 110 valence electrons. The lowest BCUT2D eigenvalue weighted by Gasteiger charge is -2.20. The molecule has 0 amide bonds. The van der Waals surface area contributed by atoms with Gasteiger partial charge in [0.25, 0.3) is 0 Å². The fourth-order valence-corrected chi connectivity index (χ4v) is 1.75. The van der Waals surface area contributed by atoms with E-state index in [9.17, 15) is 19.8 Å². The first-order valence-corrected chi connectivity index (χ1v) is 6.13. The third-order valence-electron chi connectivity index (χ3n) is 3.03. The Morgan fingerprint density at radius 2 is 1.90 bits per heavy atom. The molecule has 0 saturated carbocycles. The van der Waals surface area contributed by atoms with Gasteiger partial charge in [-0.15, -0.1) is 0 Å². The molecule has 6 nitrogen and oxygen atoms in total. The van der Waals surface area contributed by atoms with Crippen molar-refractivity contribution in [2.24, 2.45) is 5.92 Å². The van der Waals surface area contributed by atoms with Crippen LogP contribution in [0, 0.1) is 5.92 Å². The Kier molecular flexibility index (Phi) is 6.30. The molecule has 0 aliphatic heterocycles. The number of hydrogen-bond acceptors (Lipinski definition) is 6. The Morgan fingerprint density at radius 1 is 1.30 bits per heavy atom. The number of carbonyl (C=O) groups is 2. The van der Waals surface area contributed by atoms with Crippen LogP contribution in [-0.2, 0) is 4.79 Å². The number of carbonyl (C=O) groups excluding carboxylic acids is 2. The van der Waals surface area contributed by atoms with Crippen molar-refractivity contribution in [2.75, 3.05) is 13.7 Å². The van der Waals surface area contributed by atoms with Crippen molar-refractivity contribution in [3.63, 3.8) is 0 Å². The Labute approximate surface area is 116 Å². The Hall–Kier alpha value is -1.76. The highest BCUT2D eigenvalue weighted by Gasteiger charge is 2.27. The molecular formula is C14H18O6. The van der Waals surface area contributed by atoms with Crippen LogP contribution in [0.1, 0.15) is 16.8 Å². The van der Waals surface area contributed by atoms with Crippen molar-refractivity contribution in [1.82, 2.24) is 0 Å². The first-order valence-electron chi connectivity index (χ1n) is 6.13. The number of aldehydes is 1. The zero-order chi connectivity index (χ0) is 15.1. The molecule has 1 aromatic rings. The number of benzene rings is 1. The van der Waals surface area contributed by atoms with E-state index in [1.807, 2.05) is 0 Å². The van der Waals surface area contributed by atoms with E-state index >= 15 is 0 Å². The average Bonchev–Trinajstić information content (AvgIpc) is 2.50. The van der Waals surface area contributed by atoms with Crippen molar-refractivity contribution < 1.29 is 29.6 Å². The van der Waals surface area contributed by atoms with Gasteiger partial charge in [-0.3, -0.25) is 4.79 Å². The summed E-state index contributed by atoms with van der Waals surface area (Å²) in [4.78, 5) is 22.9. The van der Waals surface area contributed by atoms with E-state index in [-0.39, 0.29) is 12.2 Å². The monoisotopic (exact) mass is 282 g/mol. The SMILES string of the molecule is COc1ccc(C(=O)C[C@H](C=O)[C@H](O)[C@@H](O)CO)cc1.